The van der Waals surface area contributed by atoms with E-state index in [2.05, 4.69) is 0 Å². The Labute approximate surface area is 79.5 Å². The number of hydrogen-bond donors (Lipinski definition) is 2. The molecule has 0 heterocycles. The minimum Gasteiger partial charge on any atom is -1.00 e. The molecule has 0 aliphatic rings. The molecule has 0 radical (unpaired) electrons. The first kappa shape index (κ1) is 15.0. The van der Waals surface area contributed by atoms with E-state index < -0.39 is 37.4 Å². The molecular weight excluding hydrogens is 211 g/mol. The molecule has 0 aromatic rings. The summed E-state index contributed by atoms with van der Waals surface area (Å²) in [5, 5.41) is 8.12. The van der Waals surface area contributed by atoms with E-state index in [4.69, 9.17) is 10.8 Å². The van der Waals surface area contributed by atoms with Gasteiger partial charge in [0.1, 0.15) is 0 Å². The summed E-state index contributed by atoms with van der Waals surface area (Å²) in [4.78, 5) is 9.94. The highest BCUT2D eigenvalue weighted by Crippen LogP contribution is 2.28. The van der Waals surface area contributed by atoms with Crippen LogP contribution in [0.25, 0.3) is 0 Å². The second-order valence-corrected chi connectivity index (χ2v) is 2.41. The third-order valence-corrected chi connectivity index (χ3v) is 1.45. The molecule has 0 saturated heterocycles. The summed E-state index contributed by atoms with van der Waals surface area (Å²) in [6.07, 6.45) is -5.33. The maximum Gasteiger partial charge on any atom is 0.393 e. The van der Waals surface area contributed by atoms with Gasteiger partial charge in [-0.3, -0.25) is 4.79 Å². The van der Waals surface area contributed by atoms with Crippen LogP contribution < -0.4 is 18.1 Å². The lowest BCUT2D eigenvalue weighted by Crippen LogP contribution is -3.00. The molecule has 0 aliphatic carbocycles. The van der Waals surface area contributed by atoms with Crippen LogP contribution in [0.15, 0.2) is 0 Å². The van der Waals surface area contributed by atoms with E-state index in [1.54, 1.807) is 0 Å². The standard InChI is InChI=1S/C6H10F3NO2.ClH/c7-6(8,9)4(3-10)1-2-5(11)12;/h4H,1-3,10H2,(H,11,12);1H/p-1. The van der Waals surface area contributed by atoms with E-state index in [-0.39, 0.29) is 12.4 Å². The quantitative estimate of drug-likeness (QED) is 0.576. The Kier molecular flexibility index (Phi) is 6.97. The molecule has 0 spiro atoms. The molecule has 80 valence electrons. The van der Waals surface area contributed by atoms with Gasteiger partial charge < -0.3 is 23.2 Å². The van der Waals surface area contributed by atoms with Crippen molar-refractivity contribution in [1.82, 2.24) is 0 Å². The highest BCUT2D eigenvalue weighted by molar-refractivity contribution is 5.66. The Morgan fingerprint density at radius 2 is 1.92 bits per heavy atom. The molecule has 1 atom stereocenters. The summed E-state index contributed by atoms with van der Waals surface area (Å²) < 4.78 is 35.7. The molecule has 13 heavy (non-hydrogen) atoms. The molecule has 7 heteroatoms. The van der Waals surface area contributed by atoms with Crippen LogP contribution in [0, 0.1) is 5.92 Å². The monoisotopic (exact) mass is 220 g/mol. The summed E-state index contributed by atoms with van der Waals surface area (Å²) in [6.45, 7) is -0.559. The lowest BCUT2D eigenvalue weighted by molar-refractivity contribution is -0.174. The van der Waals surface area contributed by atoms with Gasteiger partial charge in [0, 0.05) is 13.0 Å². The SMILES string of the molecule is NCC(CCC(=O)O)C(F)(F)F.[Cl-]. The third-order valence-electron chi connectivity index (χ3n) is 1.45. The summed E-state index contributed by atoms with van der Waals surface area (Å²) in [5.74, 6) is -2.94. The Morgan fingerprint density at radius 1 is 1.46 bits per heavy atom. The number of halogens is 4. The molecule has 0 saturated carbocycles. The van der Waals surface area contributed by atoms with Crippen LogP contribution in [0.5, 0.6) is 0 Å². The van der Waals surface area contributed by atoms with E-state index in [0.717, 1.165) is 0 Å². The number of carbonyl (C=O) groups is 1. The topological polar surface area (TPSA) is 63.3 Å². The average Bonchev–Trinajstić information content (AvgIpc) is 1.85. The van der Waals surface area contributed by atoms with Crippen molar-refractivity contribution in [2.24, 2.45) is 11.7 Å². The molecule has 0 aliphatic heterocycles. The van der Waals surface area contributed by atoms with Crippen molar-refractivity contribution in [3.8, 4) is 0 Å². The Hall–Kier alpha value is -0.490. The smallest absolute Gasteiger partial charge is 0.393 e. The van der Waals surface area contributed by atoms with Crippen LogP contribution in [0.1, 0.15) is 12.8 Å². The van der Waals surface area contributed by atoms with Gasteiger partial charge >= 0.3 is 12.1 Å². The molecule has 0 rings (SSSR count). The van der Waals surface area contributed by atoms with E-state index in [1.807, 2.05) is 0 Å². The predicted molar refractivity (Wildman–Crippen MR) is 35.5 cm³/mol. The Morgan fingerprint density at radius 3 is 2.15 bits per heavy atom. The summed E-state index contributed by atoms with van der Waals surface area (Å²) in [7, 11) is 0. The summed E-state index contributed by atoms with van der Waals surface area (Å²) in [6, 6.07) is 0. The highest BCUT2D eigenvalue weighted by Gasteiger charge is 2.38. The summed E-state index contributed by atoms with van der Waals surface area (Å²) >= 11 is 0. The Bertz CT molecular complexity index is 162. The lowest BCUT2D eigenvalue weighted by atomic mass is 10.0. The van der Waals surface area contributed by atoms with Gasteiger partial charge in [0.05, 0.1) is 5.92 Å². The molecule has 0 amide bonds. The number of aliphatic carboxylic acids is 1. The fourth-order valence-electron chi connectivity index (χ4n) is 0.713. The van der Waals surface area contributed by atoms with E-state index in [9.17, 15) is 18.0 Å². The number of nitrogens with two attached hydrogens (primary N) is 1. The van der Waals surface area contributed by atoms with Crippen molar-refractivity contribution in [1.29, 1.82) is 0 Å². The largest absolute Gasteiger partial charge is 1.00 e. The van der Waals surface area contributed by atoms with Crippen LogP contribution in [-0.4, -0.2) is 23.8 Å². The first-order valence-corrected chi connectivity index (χ1v) is 3.36. The molecule has 0 bridgehead atoms. The number of alkyl halides is 3. The molecule has 3 nitrogen and oxygen atoms in total. The number of hydrogen-bond acceptors (Lipinski definition) is 2. The number of rotatable bonds is 4. The fraction of sp³-hybridized carbons (Fsp3) is 0.833. The van der Waals surface area contributed by atoms with Gasteiger partial charge in [-0.2, -0.15) is 13.2 Å². The first-order chi connectivity index (χ1) is 5.38. The molecule has 0 fully saturated rings. The van der Waals surface area contributed by atoms with Crippen LogP contribution in [0.2, 0.25) is 0 Å². The number of carboxylic acids is 1. The first-order valence-electron chi connectivity index (χ1n) is 3.36. The van der Waals surface area contributed by atoms with Crippen molar-refractivity contribution < 1.29 is 35.5 Å². The zero-order chi connectivity index (χ0) is 9.78. The highest BCUT2D eigenvalue weighted by atomic mass is 35.5. The maximum atomic E-state index is 11.9. The van der Waals surface area contributed by atoms with Gasteiger partial charge in [-0.15, -0.1) is 0 Å². The van der Waals surface area contributed by atoms with Crippen molar-refractivity contribution in [3.05, 3.63) is 0 Å². The lowest BCUT2D eigenvalue weighted by Gasteiger charge is -2.16. The molecule has 1 unspecified atom stereocenters. The molecule has 0 aromatic heterocycles. The Balaban J connectivity index is 0. The van der Waals surface area contributed by atoms with Gasteiger partial charge in [0.15, 0.2) is 0 Å². The van der Waals surface area contributed by atoms with Crippen molar-refractivity contribution in [3.63, 3.8) is 0 Å². The van der Waals surface area contributed by atoms with Crippen LogP contribution in [-0.2, 0) is 4.79 Å². The minimum absolute atomic E-state index is 0. The minimum atomic E-state index is -4.38. The van der Waals surface area contributed by atoms with Gasteiger partial charge in [-0.25, -0.2) is 0 Å². The zero-order valence-corrected chi connectivity index (χ0v) is 7.40. The van der Waals surface area contributed by atoms with Gasteiger partial charge in [0.25, 0.3) is 0 Å². The van der Waals surface area contributed by atoms with E-state index in [1.165, 1.54) is 0 Å². The second-order valence-electron chi connectivity index (χ2n) is 2.41. The van der Waals surface area contributed by atoms with Crippen LogP contribution in [0.3, 0.4) is 0 Å². The molecule has 3 N–H and O–H groups in total. The molecular formula is C6H10ClF3NO2-. The van der Waals surface area contributed by atoms with E-state index >= 15 is 0 Å². The van der Waals surface area contributed by atoms with Gasteiger partial charge in [-0.1, -0.05) is 0 Å². The van der Waals surface area contributed by atoms with Gasteiger partial charge in [-0.05, 0) is 6.42 Å². The zero-order valence-electron chi connectivity index (χ0n) is 6.64. The van der Waals surface area contributed by atoms with Crippen LogP contribution in [0.4, 0.5) is 13.2 Å². The van der Waals surface area contributed by atoms with Crippen molar-refractivity contribution in [2.75, 3.05) is 6.54 Å². The normalized spacial score (nSPS) is 13.2. The van der Waals surface area contributed by atoms with Crippen molar-refractivity contribution >= 4 is 5.97 Å². The second kappa shape index (κ2) is 6.04. The predicted octanol–water partition coefficient (Wildman–Crippen LogP) is -2.01. The summed E-state index contributed by atoms with van der Waals surface area (Å²) in [5.41, 5.74) is 4.83. The molecule has 0 aromatic carbocycles. The van der Waals surface area contributed by atoms with Gasteiger partial charge in [0.2, 0.25) is 0 Å². The number of carboxylic acid groups (broad SMARTS) is 1. The fourth-order valence-corrected chi connectivity index (χ4v) is 0.713. The van der Waals surface area contributed by atoms with Crippen molar-refractivity contribution in [2.45, 2.75) is 19.0 Å². The maximum absolute atomic E-state index is 11.9. The van der Waals surface area contributed by atoms with Crippen LogP contribution >= 0.6 is 0 Å². The average molecular weight is 221 g/mol. The third kappa shape index (κ3) is 6.65. The van der Waals surface area contributed by atoms with E-state index in [0.29, 0.717) is 0 Å².